The van der Waals surface area contributed by atoms with E-state index in [1.54, 1.807) is 18.3 Å². The van der Waals surface area contributed by atoms with Gasteiger partial charge in [0.25, 0.3) is 0 Å². The number of pyridine rings is 1. The zero-order valence-electron chi connectivity index (χ0n) is 11.9. The quantitative estimate of drug-likeness (QED) is 0.942. The van der Waals surface area contributed by atoms with Gasteiger partial charge in [0.15, 0.2) is 0 Å². The number of aromatic nitrogens is 1. The third-order valence-electron chi connectivity index (χ3n) is 3.82. The maximum atomic E-state index is 12.9. The summed E-state index contributed by atoms with van der Waals surface area (Å²) in [6.07, 6.45) is -1.82. The van der Waals surface area contributed by atoms with Crippen molar-refractivity contribution in [2.24, 2.45) is 5.73 Å². The number of halogens is 3. The molecule has 1 fully saturated rings. The van der Waals surface area contributed by atoms with Crippen LogP contribution in [0.4, 0.5) is 13.2 Å². The van der Waals surface area contributed by atoms with E-state index in [9.17, 15) is 13.2 Å². The number of hydrogen-bond donors (Lipinski definition) is 1. The minimum absolute atomic E-state index is 0.153. The van der Waals surface area contributed by atoms with Crippen molar-refractivity contribution >= 4 is 0 Å². The highest BCUT2D eigenvalue weighted by atomic mass is 19.4. The van der Waals surface area contributed by atoms with Gasteiger partial charge in [-0.2, -0.15) is 13.2 Å². The third-order valence-corrected chi connectivity index (χ3v) is 3.82. The SMILES string of the molecule is COc1cc(-c2ccc([C@@H]3C[C@H]3N)cn2)cc(C(F)(F)F)c1. The van der Waals surface area contributed by atoms with Crippen molar-refractivity contribution in [3.8, 4) is 17.0 Å². The van der Waals surface area contributed by atoms with Crippen LogP contribution in [0.2, 0.25) is 0 Å². The Morgan fingerprint density at radius 3 is 2.45 bits per heavy atom. The monoisotopic (exact) mass is 308 g/mol. The molecule has 0 aliphatic heterocycles. The zero-order valence-corrected chi connectivity index (χ0v) is 11.9. The molecule has 1 aromatic heterocycles. The van der Waals surface area contributed by atoms with Crippen molar-refractivity contribution in [3.63, 3.8) is 0 Å². The van der Waals surface area contributed by atoms with Crippen LogP contribution in [-0.2, 0) is 6.18 Å². The highest BCUT2D eigenvalue weighted by molar-refractivity contribution is 5.63. The van der Waals surface area contributed by atoms with Crippen molar-refractivity contribution in [2.75, 3.05) is 7.11 Å². The topological polar surface area (TPSA) is 48.1 Å². The van der Waals surface area contributed by atoms with E-state index >= 15 is 0 Å². The lowest BCUT2D eigenvalue weighted by molar-refractivity contribution is -0.137. The van der Waals surface area contributed by atoms with Crippen LogP contribution in [0, 0.1) is 0 Å². The van der Waals surface area contributed by atoms with E-state index in [4.69, 9.17) is 10.5 Å². The standard InChI is InChI=1S/C16H15F3N2O/c1-22-12-5-10(4-11(6-12)16(17,18)19)15-3-2-9(8-21-15)13-7-14(13)20/h2-6,8,13-14H,7,20H2,1H3/t13-,14+/m0/s1. The number of ether oxygens (including phenoxy) is 1. The van der Waals surface area contributed by atoms with Gasteiger partial charge in [-0.25, -0.2) is 0 Å². The van der Waals surface area contributed by atoms with E-state index in [-0.39, 0.29) is 11.8 Å². The first kappa shape index (κ1) is 14.8. The van der Waals surface area contributed by atoms with Crippen molar-refractivity contribution in [3.05, 3.63) is 47.7 Å². The van der Waals surface area contributed by atoms with Gasteiger partial charge in [0, 0.05) is 23.7 Å². The second-order valence-corrected chi connectivity index (χ2v) is 5.43. The highest BCUT2D eigenvalue weighted by Gasteiger charge is 2.35. The van der Waals surface area contributed by atoms with Gasteiger partial charge in [-0.3, -0.25) is 4.98 Å². The Labute approximate surface area is 125 Å². The number of methoxy groups -OCH3 is 1. The van der Waals surface area contributed by atoms with E-state index in [1.807, 2.05) is 6.07 Å². The molecule has 22 heavy (non-hydrogen) atoms. The molecule has 116 valence electrons. The van der Waals surface area contributed by atoms with Crippen molar-refractivity contribution < 1.29 is 17.9 Å². The Morgan fingerprint density at radius 1 is 1.23 bits per heavy atom. The van der Waals surface area contributed by atoms with E-state index in [1.165, 1.54) is 7.11 Å². The summed E-state index contributed by atoms with van der Waals surface area (Å²) in [7, 11) is 1.34. The molecule has 1 saturated carbocycles. The van der Waals surface area contributed by atoms with Crippen molar-refractivity contribution in [1.29, 1.82) is 0 Å². The molecule has 3 nitrogen and oxygen atoms in total. The van der Waals surface area contributed by atoms with Gasteiger partial charge in [0.1, 0.15) is 5.75 Å². The van der Waals surface area contributed by atoms with Gasteiger partial charge >= 0.3 is 6.18 Å². The molecule has 0 unspecified atom stereocenters. The summed E-state index contributed by atoms with van der Waals surface area (Å²) in [4.78, 5) is 4.26. The van der Waals surface area contributed by atoms with Gasteiger partial charge in [-0.1, -0.05) is 6.07 Å². The Balaban J connectivity index is 1.96. The predicted molar refractivity (Wildman–Crippen MR) is 76.6 cm³/mol. The first-order valence-electron chi connectivity index (χ1n) is 6.86. The zero-order chi connectivity index (χ0) is 15.9. The molecule has 1 aliphatic carbocycles. The van der Waals surface area contributed by atoms with Gasteiger partial charge in [0.2, 0.25) is 0 Å². The van der Waals surface area contributed by atoms with Gasteiger partial charge in [-0.15, -0.1) is 0 Å². The molecule has 2 aromatic rings. The number of hydrogen-bond acceptors (Lipinski definition) is 3. The Hall–Kier alpha value is -2.08. The van der Waals surface area contributed by atoms with Crippen molar-refractivity contribution in [1.82, 2.24) is 4.98 Å². The molecule has 1 aromatic carbocycles. The average molecular weight is 308 g/mol. The van der Waals surface area contributed by atoms with Crippen LogP contribution >= 0.6 is 0 Å². The Morgan fingerprint density at radius 2 is 1.95 bits per heavy atom. The van der Waals surface area contributed by atoms with E-state index < -0.39 is 11.7 Å². The van der Waals surface area contributed by atoms with E-state index in [0.717, 1.165) is 24.1 Å². The van der Waals surface area contributed by atoms with Crippen LogP contribution in [0.15, 0.2) is 36.5 Å². The molecule has 1 heterocycles. The molecule has 3 rings (SSSR count). The van der Waals surface area contributed by atoms with Crippen molar-refractivity contribution in [2.45, 2.75) is 24.6 Å². The summed E-state index contributed by atoms with van der Waals surface area (Å²) in [5.74, 6) is 0.470. The smallest absolute Gasteiger partial charge is 0.416 e. The molecular formula is C16H15F3N2O. The number of nitrogens with zero attached hydrogens (tertiary/aromatic N) is 1. The first-order valence-corrected chi connectivity index (χ1v) is 6.86. The highest BCUT2D eigenvalue weighted by Crippen LogP contribution is 2.39. The lowest BCUT2D eigenvalue weighted by Gasteiger charge is -2.11. The first-order chi connectivity index (χ1) is 10.4. The third kappa shape index (κ3) is 2.92. The molecule has 2 atom stereocenters. The Bertz CT molecular complexity index is 683. The summed E-state index contributed by atoms with van der Waals surface area (Å²) in [5, 5.41) is 0. The predicted octanol–water partition coefficient (Wildman–Crippen LogP) is 3.59. The van der Waals surface area contributed by atoms with E-state index in [0.29, 0.717) is 17.2 Å². The number of rotatable bonds is 3. The minimum atomic E-state index is -4.43. The van der Waals surface area contributed by atoms with Crippen LogP contribution < -0.4 is 10.5 Å². The molecule has 0 bridgehead atoms. The number of benzene rings is 1. The fourth-order valence-electron chi connectivity index (χ4n) is 2.42. The molecule has 1 aliphatic rings. The molecule has 0 amide bonds. The summed E-state index contributed by atoms with van der Waals surface area (Å²) < 4.78 is 43.7. The summed E-state index contributed by atoms with van der Waals surface area (Å²) in [6.45, 7) is 0. The van der Waals surface area contributed by atoms with Gasteiger partial charge in [-0.05, 0) is 36.2 Å². The van der Waals surface area contributed by atoms with Gasteiger partial charge < -0.3 is 10.5 Å². The normalized spacial score (nSPS) is 20.8. The summed E-state index contributed by atoms with van der Waals surface area (Å²) >= 11 is 0. The van der Waals surface area contributed by atoms with Crippen LogP contribution in [-0.4, -0.2) is 18.1 Å². The second kappa shape index (κ2) is 5.28. The lowest BCUT2D eigenvalue weighted by atomic mass is 10.0. The minimum Gasteiger partial charge on any atom is -0.497 e. The van der Waals surface area contributed by atoms with Crippen LogP contribution in [0.25, 0.3) is 11.3 Å². The summed E-state index contributed by atoms with van der Waals surface area (Å²) in [5.41, 5.74) is 6.90. The molecule has 0 spiro atoms. The van der Waals surface area contributed by atoms with E-state index in [2.05, 4.69) is 4.98 Å². The van der Waals surface area contributed by atoms with Gasteiger partial charge in [0.05, 0.1) is 18.4 Å². The van der Waals surface area contributed by atoms with Crippen LogP contribution in [0.1, 0.15) is 23.5 Å². The maximum absolute atomic E-state index is 12.9. The molecule has 2 N–H and O–H groups in total. The second-order valence-electron chi connectivity index (χ2n) is 5.43. The lowest BCUT2D eigenvalue weighted by Crippen LogP contribution is -2.05. The number of nitrogens with two attached hydrogens (primary N) is 1. The molecular weight excluding hydrogens is 293 g/mol. The Kier molecular flexibility index (Phi) is 3.56. The fraction of sp³-hybridized carbons (Fsp3) is 0.312. The summed E-state index contributed by atoms with van der Waals surface area (Å²) in [6, 6.07) is 7.34. The maximum Gasteiger partial charge on any atom is 0.416 e. The molecule has 6 heteroatoms. The molecule has 0 saturated heterocycles. The average Bonchev–Trinajstić information content (AvgIpc) is 3.23. The number of alkyl halides is 3. The van der Waals surface area contributed by atoms with Crippen LogP contribution in [0.3, 0.4) is 0 Å². The van der Waals surface area contributed by atoms with Crippen LogP contribution in [0.5, 0.6) is 5.75 Å². The molecule has 0 radical (unpaired) electrons. The largest absolute Gasteiger partial charge is 0.497 e. The fourth-order valence-corrected chi connectivity index (χ4v) is 2.42.